The number of fused-ring (bicyclic) bond motifs is 1. The Kier molecular flexibility index (Phi) is 5.98. The van der Waals surface area contributed by atoms with Gasteiger partial charge in [0.1, 0.15) is 22.7 Å². The minimum Gasteiger partial charge on any atom is -0.383 e. The van der Waals surface area contributed by atoms with Crippen molar-refractivity contribution in [2.24, 2.45) is 0 Å². The number of aromatic nitrogens is 3. The predicted molar refractivity (Wildman–Crippen MR) is 136 cm³/mol. The summed E-state index contributed by atoms with van der Waals surface area (Å²) < 4.78 is 30.7. The molecule has 3 N–H and O–H groups in total. The molecular formula is C25H24ClN5O3S. The molecule has 10 heteroatoms. The van der Waals surface area contributed by atoms with Crippen molar-refractivity contribution in [1.29, 1.82) is 0 Å². The van der Waals surface area contributed by atoms with Crippen molar-refractivity contribution in [2.75, 3.05) is 10.5 Å². The fourth-order valence-electron chi connectivity index (χ4n) is 4.78. The summed E-state index contributed by atoms with van der Waals surface area (Å²) in [6.07, 6.45) is 7.49. The maximum Gasteiger partial charge on any atom is 0.263 e. The van der Waals surface area contributed by atoms with Gasteiger partial charge in [0.05, 0.1) is 16.0 Å². The van der Waals surface area contributed by atoms with E-state index < -0.39 is 10.0 Å². The lowest BCUT2D eigenvalue weighted by Gasteiger charge is -2.12. The van der Waals surface area contributed by atoms with Gasteiger partial charge in [0.2, 0.25) is 0 Å². The molecule has 2 aromatic heterocycles. The molecule has 1 aliphatic carbocycles. The quantitative estimate of drug-likeness (QED) is 0.348. The van der Waals surface area contributed by atoms with Gasteiger partial charge in [-0.25, -0.2) is 18.4 Å². The summed E-state index contributed by atoms with van der Waals surface area (Å²) in [5.74, 6) is -0.0515. The van der Waals surface area contributed by atoms with Gasteiger partial charge >= 0.3 is 0 Å². The smallest absolute Gasteiger partial charge is 0.263 e. The Labute approximate surface area is 208 Å². The second-order valence-corrected chi connectivity index (χ2v) is 10.8. The zero-order valence-electron chi connectivity index (χ0n) is 19.0. The largest absolute Gasteiger partial charge is 0.383 e. The number of nitrogens with zero attached hydrogens (tertiary/aromatic N) is 3. The molecule has 1 saturated carbocycles. The van der Waals surface area contributed by atoms with Gasteiger partial charge in [-0.2, -0.15) is 0 Å². The first-order chi connectivity index (χ1) is 16.8. The Morgan fingerprint density at radius 2 is 1.89 bits per heavy atom. The van der Waals surface area contributed by atoms with Crippen molar-refractivity contribution in [2.45, 2.75) is 43.5 Å². The third-order valence-electron chi connectivity index (χ3n) is 6.41. The van der Waals surface area contributed by atoms with Crippen molar-refractivity contribution in [1.82, 2.24) is 14.5 Å². The molecule has 0 saturated heterocycles. The molecule has 0 aliphatic heterocycles. The van der Waals surface area contributed by atoms with Crippen LogP contribution in [0.4, 0.5) is 11.5 Å². The van der Waals surface area contributed by atoms with Gasteiger partial charge in [0.25, 0.3) is 10.0 Å². The van der Waals surface area contributed by atoms with Gasteiger partial charge in [0.15, 0.2) is 5.78 Å². The molecule has 2 aromatic carbocycles. The topological polar surface area (TPSA) is 120 Å². The van der Waals surface area contributed by atoms with Crippen molar-refractivity contribution < 1.29 is 13.2 Å². The van der Waals surface area contributed by atoms with E-state index >= 15 is 0 Å². The van der Waals surface area contributed by atoms with Crippen molar-refractivity contribution in [3.05, 3.63) is 76.7 Å². The van der Waals surface area contributed by atoms with E-state index in [0.29, 0.717) is 27.7 Å². The second kappa shape index (κ2) is 8.98. The first-order valence-corrected chi connectivity index (χ1v) is 13.2. The van der Waals surface area contributed by atoms with E-state index in [1.165, 1.54) is 18.5 Å². The van der Waals surface area contributed by atoms with Crippen LogP contribution in [0.3, 0.4) is 0 Å². The number of ketones is 1. The maximum atomic E-state index is 13.6. The number of aryl methyl sites for hydroxylation is 1. The number of rotatable bonds is 6. The summed E-state index contributed by atoms with van der Waals surface area (Å²) in [6, 6.07) is 11.5. The SMILES string of the molecule is Cc1cccc(Cl)c1S(=O)(=O)Nc1cccc(C(=O)c2cn(C3CCCC3)c3ncnc(N)c23)c1. The third kappa shape index (κ3) is 4.26. The number of nitrogens with two attached hydrogens (primary N) is 1. The Hall–Kier alpha value is -3.43. The van der Waals surface area contributed by atoms with Gasteiger partial charge in [0, 0.05) is 23.5 Å². The highest BCUT2D eigenvalue weighted by Crippen LogP contribution is 2.36. The lowest BCUT2D eigenvalue weighted by Crippen LogP contribution is -2.15. The number of nitrogen functional groups attached to an aromatic ring is 1. The van der Waals surface area contributed by atoms with Crippen LogP contribution in [0.25, 0.3) is 11.0 Å². The molecule has 0 atom stereocenters. The molecule has 4 aromatic rings. The van der Waals surface area contributed by atoms with E-state index in [9.17, 15) is 13.2 Å². The predicted octanol–water partition coefficient (Wildman–Crippen LogP) is 5.12. The molecule has 35 heavy (non-hydrogen) atoms. The van der Waals surface area contributed by atoms with Gasteiger partial charge in [-0.15, -0.1) is 0 Å². The molecular weight excluding hydrogens is 486 g/mol. The average molecular weight is 510 g/mol. The molecule has 180 valence electrons. The lowest BCUT2D eigenvalue weighted by atomic mass is 10.0. The molecule has 5 rings (SSSR count). The number of nitrogens with one attached hydrogen (secondary N) is 1. The number of hydrogen-bond acceptors (Lipinski definition) is 6. The number of halogens is 1. The van der Waals surface area contributed by atoms with E-state index in [0.717, 1.165) is 25.7 Å². The van der Waals surface area contributed by atoms with Crippen LogP contribution < -0.4 is 10.5 Å². The molecule has 0 radical (unpaired) electrons. The van der Waals surface area contributed by atoms with Crippen molar-refractivity contribution in [3.63, 3.8) is 0 Å². The summed E-state index contributed by atoms with van der Waals surface area (Å²) >= 11 is 6.17. The van der Waals surface area contributed by atoms with Gasteiger partial charge in [-0.1, -0.05) is 48.7 Å². The fraction of sp³-hybridized carbons (Fsp3) is 0.240. The molecule has 1 fully saturated rings. The van der Waals surface area contributed by atoms with Gasteiger partial charge in [-0.3, -0.25) is 9.52 Å². The zero-order valence-corrected chi connectivity index (χ0v) is 20.6. The van der Waals surface area contributed by atoms with Crippen LogP contribution in [-0.2, 0) is 10.0 Å². The Bertz CT molecular complexity index is 1540. The first-order valence-electron chi connectivity index (χ1n) is 11.3. The number of anilines is 2. The standard InChI is InChI=1S/C25H24ClN5O3S/c1-15-6-4-11-20(26)23(15)35(33,34)30-17-8-5-7-16(12-17)22(32)19-13-31(18-9-2-3-10-18)25-21(19)24(27)28-14-29-25/h4-8,11-14,18,30H,2-3,9-10H2,1H3,(H2,27,28,29). The highest BCUT2D eigenvalue weighted by atomic mass is 35.5. The maximum absolute atomic E-state index is 13.6. The van der Waals surface area contributed by atoms with Crippen LogP contribution in [-0.4, -0.2) is 28.7 Å². The molecule has 0 bridgehead atoms. The summed E-state index contributed by atoms with van der Waals surface area (Å²) in [5.41, 5.74) is 8.29. The minimum atomic E-state index is -3.97. The summed E-state index contributed by atoms with van der Waals surface area (Å²) in [4.78, 5) is 22.1. The number of hydrogen-bond donors (Lipinski definition) is 2. The van der Waals surface area contributed by atoms with E-state index in [4.69, 9.17) is 17.3 Å². The van der Waals surface area contributed by atoms with Crippen molar-refractivity contribution >= 4 is 49.9 Å². The Morgan fingerprint density at radius 3 is 2.63 bits per heavy atom. The summed E-state index contributed by atoms with van der Waals surface area (Å²) in [5, 5.41) is 0.641. The molecule has 0 unspecified atom stereocenters. The van der Waals surface area contributed by atoms with Crippen LogP contribution in [0.15, 0.2) is 59.9 Å². The molecule has 8 nitrogen and oxygen atoms in total. The number of benzene rings is 2. The Balaban J connectivity index is 1.53. The van der Waals surface area contributed by atoms with E-state index in [-0.39, 0.29) is 33.2 Å². The number of sulfonamides is 1. The third-order valence-corrected chi connectivity index (χ3v) is 8.42. The monoisotopic (exact) mass is 509 g/mol. The zero-order chi connectivity index (χ0) is 24.7. The molecule has 1 aliphatic rings. The summed E-state index contributed by atoms with van der Waals surface area (Å²) in [6.45, 7) is 1.67. The number of carbonyl (C=O) groups excluding carboxylic acids is 1. The van der Waals surface area contributed by atoms with Crippen LogP contribution in [0.2, 0.25) is 5.02 Å². The fourth-order valence-corrected chi connectivity index (χ4v) is 6.67. The summed E-state index contributed by atoms with van der Waals surface area (Å²) in [7, 11) is -3.97. The van der Waals surface area contributed by atoms with Gasteiger partial charge < -0.3 is 10.3 Å². The lowest BCUT2D eigenvalue weighted by molar-refractivity contribution is 0.104. The highest BCUT2D eigenvalue weighted by Gasteiger charge is 2.26. The second-order valence-electron chi connectivity index (χ2n) is 8.75. The molecule has 0 amide bonds. The first kappa shape index (κ1) is 23.3. The Morgan fingerprint density at radius 1 is 1.14 bits per heavy atom. The van der Waals surface area contributed by atoms with E-state index in [2.05, 4.69) is 14.7 Å². The van der Waals surface area contributed by atoms with E-state index in [1.54, 1.807) is 43.5 Å². The average Bonchev–Trinajstić information content (AvgIpc) is 3.47. The van der Waals surface area contributed by atoms with Crippen LogP contribution in [0, 0.1) is 6.92 Å². The van der Waals surface area contributed by atoms with Gasteiger partial charge in [-0.05, 0) is 43.5 Å². The van der Waals surface area contributed by atoms with Crippen LogP contribution >= 0.6 is 11.6 Å². The van der Waals surface area contributed by atoms with Crippen LogP contribution in [0.1, 0.15) is 53.2 Å². The van der Waals surface area contributed by atoms with Crippen molar-refractivity contribution in [3.8, 4) is 0 Å². The van der Waals surface area contributed by atoms with Crippen LogP contribution in [0.5, 0.6) is 0 Å². The number of carbonyl (C=O) groups is 1. The molecule has 2 heterocycles. The highest BCUT2D eigenvalue weighted by molar-refractivity contribution is 7.92. The minimum absolute atomic E-state index is 0.00273. The molecule has 0 spiro atoms. The normalized spacial score (nSPS) is 14.5. The van der Waals surface area contributed by atoms with E-state index in [1.807, 2.05) is 4.57 Å².